The van der Waals surface area contributed by atoms with E-state index in [-0.39, 0.29) is 0 Å². The number of benzene rings is 2. The van der Waals surface area contributed by atoms with Crippen LogP contribution in [-0.4, -0.2) is 4.57 Å². The molecule has 0 saturated heterocycles. The molecule has 3 heteroatoms. The number of nitrogen functional groups attached to an aromatic ring is 1. The van der Waals surface area contributed by atoms with Crippen molar-refractivity contribution in [3.63, 3.8) is 0 Å². The monoisotopic (exact) mass is 266 g/mol. The van der Waals surface area contributed by atoms with Crippen LogP contribution in [0, 0.1) is 0 Å². The molecule has 3 rings (SSSR count). The van der Waals surface area contributed by atoms with E-state index in [1.807, 2.05) is 42.5 Å². The molecule has 1 aromatic heterocycles. The maximum Gasteiger partial charge on any atom is 0.119 e. The predicted molar refractivity (Wildman–Crippen MR) is 82.8 cm³/mol. The van der Waals surface area contributed by atoms with Crippen LogP contribution in [0.5, 0.6) is 5.75 Å². The number of hydrogen-bond acceptors (Lipinski definition) is 2. The van der Waals surface area contributed by atoms with Gasteiger partial charge in [-0.2, -0.15) is 0 Å². The molecule has 0 unspecified atom stereocenters. The van der Waals surface area contributed by atoms with Crippen LogP contribution < -0.4 is 10.5 Å². The van der Waals surface area contributed by atoms with Crippen molar-refractivity contribution in [3.05, 3.63) is 60.3 Å². The van der Waals surface area contributed by atoms with Crippen LogP contribution in [0.1, 0.15) is 12.5 Å². The maximum atomic E-state index is 6.09. The molecule has 0 spiro atoms. The Bertz CT molecular complexity index is 716. The lowest BCUT2D eigenvalue weighted by Gasteiger charge is -2.05. The summed E-state index contributed by atoms with van der Waals surface area (Å²) in [5.41, 5.74) is 9.17. The van der Waals surface area contributed by atoms with E-state index in [1.54, 1.807) is 0 Å². The molecule has 0 aliphatic heterocycles. The first-order valence-electron chi connectivity index (χ1n) is 6.83. The summed E-state index contributed by atoms with van der Waals surface area (Å²) in [7, 11) is 0. The molecule has 0 aliphatic carbocycles. The van der Waals surface area contributed by atoms with Gasteiger partial charge < -0.3 is 15.0 Å². The first-order chi connectivity index (χ1) is 9.79. The van der Waals surface area contributed by atoms with E-state index in [4.69, 9.17) is 10.5 Å². The van der Waals surface area contributed by atoms with Gasteiger partial charge in [0.2, 0.25) is 0 Å². The summed E-state index contributed by atoms with van der Waals surface area (Å²) in [4.78, 5) is 0. The van der Waals surface area contributed by atoms with Crippen LogP contribution in [0.3, 0.4) is 0 Å². The maximum absolute atomic E-state index is 6.09. The summed E-state index contributed by atoms with van der Waals surface area (Å²) in [6.45, 7) is 3.57. The van der Waals surface area contributed by atoms with Gasteiger partial charge >= 0.3 is 0 Å². The second-order valence-corrected chi connectivity index (χ2v) is 4.79. The molecule has 102 valence electrons. The minimum absolute atomic E-state index is 0.553. The summed E-state index contributed by atoms with van der Waals surface area (Å²) in [6, 6.07) is 15.9. The molecule has 1 heterocycles. The van der Waals surface area contributed by atoms with E-state index in [0.29, 0.717) is 6.61 Å². The third kappa shape index (κ3) is 2.23. The predicted octanol–water partition coefficient (Wildman–Crippen LogP) is 3.82. The quantitative estimate of drug-likeness (QED) is 0.729. The molecule has 2 aromatic carbocycles. The first-order valence-corrected chi connectivity index (χ1v) is 6.83. The van der Waals surface area contributed by atoms with Crippen LogP contribution in [0.4, 0.5) is 5.69 Å². The van der Waals surface area contributed by atoms with Gasteiger partial charge in [-0.1, -0.05) is 30.3 Å². The minimum atomic E-state index is 0.553. The highest BCUT2D eigenvalue weighted by atomic mass is 16.5. The molecule has 0 amide bonds. The van der Waals surface area contributed by atoms with Gasteiger partial charge in [0.25, 0.3) is 0 Å². The summed E-state index contributed by atoms with van der Waals surface area (Å²) >= 11 is 0. The Hall–Kier alpha value is -2.42. The van der Waals surface area contributed by atoms with Crippen LogP contribution in [0.15, 0.2) is 54.7 Å². The highest BCUT2D eigenvalue weighted by Crippen LogP contribution is 2.27. The average Bonchev–Trinajstić information content (AvgIpc) is 2.86. The van der Waals surface area contributed by atoms with Crippen LogP contribution in [0.2, 0.25) is 0 Å². The van der Waals surface area contributed by atoms with E-state index in [1.165, 1.54) is 5.39 Å². The molecule has 0 saturated carbocycles. The second-order valence-electron chi connectivity index (χ2n) is 4.79. The Morgan fingerprint density at radius 2 is 1.85 bits per heavy atom. The zero-order valence-electron chi connectivity index (χ0n) is 11.5. The Morgan fingerprint density at radius 3 is 2.60 bits per heavy atom. The zero-order chi connectivity index (χ0) is 13.9. The van der Waals surface area contributed by atoms with Gasteiger partial charge in [-0.05, 0) is 25.1 Å². The number of aromatic nitrogens is 1. The van der Waals surface area contributed by atoms with Gasteiger partial charge in [0.15, 0.2) is 0 Å². The van der Waals surface area contributed by atoms with Gasteiger partial charge in [-0.15, -0.1) is 0 Å². The molecule has 0 radical (unpaired) electrons. The molecule has 3 nitrogen and oxygen atoms in total. The van der Waals surface area contributed by atoms with Crippen LogP contribution in [-0.2, 0) is 13.2 Å². The van der Waals surface area contributed by atoms with Gasteiger partial charge in [0, 0.05) is 23.7 Å². The Balaban J connectivity index is 1.94. The molecule has 3 aromatic rings. The fourth-order valence-electron chi connectivity index (χ4n) is 2.51. The number of aryl methyl sites for hydroxylation is 1. The standard InChI is InChI=1S/C17H18N2O/c1-2-19-11-13(12-20-14-7-4-3-5-8-14)15-9-6-10-16(18)17(15)19/h3-11H,2,12,18H2,1H3. The number of hydrogen-bond donors (Lipinski definition) is 1. The molecule has 2 N–H and O–H groups in total. The topological polar surface area (TPSA) is 40.2 Å². The molecular weight excluding hydrogens is 248 g/mol. The smallest absolute Gasteiger partial charge is 0.119 e. The third-order valence-electron chi connectivity index (χ3n) is 3.49. The molecule has 0 fully saturated rings. The highest BCUT2D eigenvalue weighted by molar-refractivity contribution is 5.93. The van der Waals surface area contributed by atoms with Crippen molar-refractivity contribution in [2.24, 2.45) is 0 Å². The van der Waals surface area contributed by atoms with Crippen molar-refractivity contribution in [2.45, 2.75) is 20.1 Å². The van der Waals surface area contributed by atoms with Crippen molar-refractivity contribution in [3.8, 4) is 5.75 Å². The van der Waals surface area contributed by atoms with Crippen molar-refractivity contribution < 1.29 is 4.74 Å². The highest BCUT2D eigenvalue weighted by Gasteiger charge is 2.10. The molecule has 20 heavy (non-hydrogen) atoms. The van der Waals surface area contributed by atoms with E-state index < -0.39 is 0 Å². The molecule has 0 bridgehead atoms. The van der Waals surface area contributed by atoms with Crippen molar-refractivity contribution in [1.82, 2.24) is 4.57 Å². The fourth-order valence-corrected chi connectivity index (χ4v) is 2.51. The number of rotatable bonds is 4. The normalized spacial score (nSPS) is 10.8. The van der Waals surface area contributed by atoms with E-state index in [0.717, 1.165) is 29.1 Å². The average molecular weight is 266 g/mol. The largest absolute Gasteiger partial charge is 0.489 e. The Morgan fingerprint density at radius 1 is 1.05 bits per heavy atom. The Labute approximate surface area is 118 Å². The van der Waals surface area contributed by atoms with Gasteiger partial charge in [0.05, 0.1) is 11.2 Å². The summed E-state index contributed by atoms with van der Waals surface area (Å²) in [5.74, 6) is 0.883. The molecule has 0 atom stereocenters. The van der Waals surface area contributed by atoms with Gasteiger partial charge in [0.1, 0.15) is 12.4 Å². The molecule has 0 aliphatic rings. The minimum Gasteiger partial charge on any atom is -0.489 e. The van der Waals surface area contributed by atoms with Crippen LogP contribution >= 0.6 is 0 Å². The number of anilines is 1. The lowest BCUT2D eigenvalue weighted by Crippen LogP contribution is -1.95. The number of fused-ring (bicyclic) bond motifs is 1. The number of para-hydroxylation sites is 2. The third-order valence-corrected chi connectivity index (χ3v) is 3.49. The summed E-state index contributed by atoms with van der Waals surface area (Å²) in [6.07, 6.45) is 2.13. The molecular formula is C17H18N2O. The van der Waals surface area contributed by atoms with E-state index in [2.05, 4.69) is 23.8 Å². The summed E-state index contributed by atoms with van der Waals surface area (Å²) in [5, 5.41) is 1.17. The lowest BCUT2D eigenvalue weighted by molar-refractivity contribution is 0.307. The van der Waals surface area contributed by atoms with Crippen molar-refractivity contribution in [1.29, 1.82) is 0 Å². The van der Waals surface area contributed by atoms with Crippen molar-refractivity contribution in [2.75, 3.05) is 5.73 Å². The van der Waals surface area contributed by atoms with Crippen LogP contribution in [0.25, 0.3) is 10.9 Å². The van der Waals surface area contributed by atoms with E-state index >= 15 is 0 Å². The van der Waals surface area contributed by atoms with Gasteiger partial charge in [-0.3, -0.25) is 0 Å². The summed E-state index contributed by atoms with van der Waals surface area (Å²) < 4.78 is 8.02. The SMILES string of the molecule is CCn1cc(COc2ccccc2)c2cccc(N)c21. The fraction of sp³-hybridized carbons (Fsp3) is 0.176. The number of ether oxygens (including phenoxy) is 1. The first kappa shape index (κ1) is 12.6. The Kier molecular flexibility index (Phi) is 3.33. The second kappa shape index (κ2) is 5.29. The lowest BCUT2D eigenvalue weighted by atomic mass is 10.1. The van der Waals surface area contributed by atoms with Gasteiger partial charge in [-0.25, -0.2) is 0 Å². The zero-order valence-corrected chi connectivity index (χ0v) is 11.5. The van der Waals surface area contributed by atoms with Crippen molar-refractivity contribution >= 4 is 16.6 Å². The number of nitrogens with zero attached hydrogens (tertiary/aromatic N) is 1. The number of nitrogens with two attached hydrogens (primary N) is 1. The van der Waals surface area contributed by atoms with E-state index in [9.17, 15) is 0 Å².